The maximum atomic E-state index is 12.6. The van der Waals surface area contributed by atoms with E-state index in [1.165, 1.54) is 11.5 Å². The van der Waals surface area contributed by atoms with Crippen molar-refractivity contribution in [2.24, 2.45) is 7.05 Å². The summed E-state index contributed by atoms with van der Waals surface area (Å²) in [6.45, 7) is 1.85. The Bertz CT molecular complexity index is 1450. The third-order valence-corrected chi connectivity index (χ3v) is 6.22. The Balaban J connectivity index is 1.35. The molecule has 2 aromatic carbocycles. The number of nitrogens with one attached hydrogen (secondary N) is 2. The topological polar surface area (TPSA) is 101 Å². The zero-order valence-electron chi connectivity index (χ0n) is 17.3. The van der Waals surface area contributed by atoms with E-state index in [0.29, 0.717) is 28.6 Å². The number of fused-ring (bicyclic) bond motifs is 1. The van der Waals surface area contributed by atoms with E-state index in [1.807, 2.05) is 43.3 Å². The van der Waals surface area contributed by atoms with Crippen LogP contribution in [-0.2, 0) is 13.5 Å². The largest absolute Gasteiger partial charge is 0.321 e. The fraction of sp³-hybridized carbons (Fsp3) is 0.136. The summed E-state index contributed by atoms with van der Waals surface area (Å²) in [5.41, 5.74) is 4.64. The highest BCUT2D eigenvalue weighted by Crippen LogP contribution is 2.29. The minimum Gasteiger partial charge on any atom is -0.321 e. The number of aromatic amines is 1. The molecule has 0 unspecified atom stereocenters. The molecule has 0 aliphatic rings. The van der Waals surface area contributed by atoms with Gasteiger partial charge in [-0.15, -0.1) is 0 Å². The van der Waals surface area contributed by atoms with Gasteiger partial charge in [0.05, 0.1) is 22.4 Å². The molecular weight excluding hydrogens is 446 g/mol. The van der Waals surface area contributed by atoms with Crippen molar-refractivity contribution in [2.45, 2.75) is 13.3 Å². The van der Waals surface area contributed by atoms with E-state index in [0.717, 1.165) is 32.7 Å². The van der Waals surface area contributed by atoms with Crippen LogP contribution in [0.1, 0.15) is 26.8 Å². The number of anilines is 1. The number of nitrogens with zero attached hydrogens (tertiary/aromatic N) is 5. The number of benzene rings is 2. The molecule has 0 aliphatic heterocycles. The zero-order chi connectivity index (χ0) is 22.2. The van der Waals surface area contributed by atoms with Crippen LogP contribution < -0.4 is 5.32 Å². The summed E-state index contributed by atoms with van der Waals surface area (Å²) >= 11 is 7.87. The third-order valence-electron chi connectivity index (χ3n) is 5.06. The Morgan fingerprint density at radius 3 is 2.94 bits per heavy atom. The van der Waals surface area contributed by atoms with Crippen molar-refractivity contribution < 1.29 is 4.79 Å². The number of amides is 1. The van der Waals surface area contributed by atoms with Gasteiger partial charge in [-0.25, -0.2) is 4.98 Å². The van der Waals surface area contributed by atoms with Gasteiger partial charge in [0.1, 0.15) is 10.7 Å². The van der Waals surface area contributed by atoms with E-state index in [4.69, 9.17) is 11.6 Å². The predicted molar refractivity (Wildman–Crippen MR) is 125 cm³/mol. The molecule has 1 amide bonds. The molecule has 3 heterocycles. The average Bonchev–Trinajstić information content (AvgIpc) is 3.50. The van der Waals surface area contributed by atoms with E-state index >= 15 is 0 Å². The van der Waals surface area contributed by atoms with Crippen molar-refractivity contribution in [2.75, 3.05) is 5.32 Å². The average molecular weight is 464 g/mol. The van der Waals surface area contributed by atoms with Crippen molar-refractivity contribution in [1.29, 1.82) is 0 Å². The van der Waals surface area contributed by atoms with Crippen LogP contribution in [0, 0.1) is 6.92 Å². The molecule has 3 aromatic heterocycles. The smallest absolute Gasteiger partial charge is 0.273 e. The number of carbonyl (C=O) groups excluding carboxylic acids is 1. The second kappa shape index (κ2) is 8.18. The standard InChI is InChI=1S/C22H18ClN7OS/c1-12-8-18(30(2)28-12)22(31)25-15-5-3-4-14(9-15)21-26-19(32-29-21)10-13-6-7-17-16(20(13)23)11-24-27-17/h3-9,11H,10H2,1-2H3,(H,24,27)(H,25,31). The van der Waals surface area contributed by atoms with Crippen LogP contribution in [0.3, 0.4) is 0 Å². The van der Waals surface area contributed by atoms with Gasteiger partial charge < -0.3 is 5.32 Å². The van der Waals surface area contributed by atoms with E-state index in [9.17, 15) is 4.79 Å². The number of rotatable bonds is 5. The Hall–Kier alpha value is -3.56. The third kappa shape index (κ3) is 3.88. The summed E-state index contributed by atoms with van der Waals surface area (Å²) in [7, 11) is 1.75. The van der Waals surface area contributed by atoms with Crippen molar-refractivity contribution >= 4 is 45.6 Å². The first-order valence-corrected chi connectivity index (χ1v) is 11.0. The summed E-state index contributed by atoms with van der Waals surface area (Å²) in [6, 6.07) is 13.2. The zero-order valence-corrected chi connectivity index (χ0v) is 18.8. The minimum absolute atomic E-state index is 0.221. The normalized spacial score (nSPS) is 11.2. The van der Waals surface area contributed by atoms with E-state index in [2.05, 4.69) is 30.0 Å². The summed E-state index contributed by atoms with van der Waals surface area (Å²) in [6.07, 6.45) is 2.30. The van der Waals surface area contributed by atoms with Crippen LogP contribution in [0.25, 0.3) is 22.3 Å². The predicted octanol–water partition coefficient (Wildman–Crippen LogP) is 4.62. The van der Waals surface area contributed by atoms with Gasteiger partial charge in [0, 0.05) is 30.1 Å². The monoisotopic (exact) mass is 463 g/mol. The molecule has 0 fully saturated rings. The first-order valence-electron chi connectivity index (χ1n) is 9.83. The molecular formula is C22H18ClN7OS. The fourth-order valence-corrected chi connectivity index (χ4v) is 4.49. The van der Waals surface area contributed by atoms with Crippen LogP contribution in [0.5, 0.6) is 0 Å². The number of H-pyrrole nitrogens is 1. The van der Waals surface area contributed by atoms with E-state index < -0.39 is 0 Å². The van der Waals surface area contributed by atoms with Gasteiger partial charge in [0.25, 0.3) is 5.91 Å². The molecule has 5 rings (SSSR count). The van der Waals surface area contributed by atoms with Crippen molar-refractivity contribution in [3.05, 3.63) is 75.6 Å². The van der Waals surface area contributed by atoms with Crippen LogP contribution in [0.4, 0.5) is 5.69 Å². The van der Waals surface area contributed by atoms with Crippen molar-refractivity contribution in [3.63, 3.8) is 0 Å². The van der Waals surface area contributed by atoms with Gasteiger partial charge in [-0.3, -0.25) is 14.6 Å². The van der Waals surface area contributed by atoms with Gasteiger partial charge in [-0.2, -0.15) is 14.6 Å². The summed E-state index contributed by atoms with van der Waals surface area (Å²) in [4.78, 5) is 17.3. The molecule has 160 valence electrons. The lowest BCUT2D eigenvalue weighted by Gasteiger charge is -2.06. The molecule has 0 atom stereocenters. The lowest BCUT2D eigenvalue weighted by atomic mass is 10.1. The van der Waals surface area contributed by atoms with Gasteiger partial charge >= 0.3 is 0 Å². The molecule has 10 heteroatoms. The number of aryl methyl sites for hydroxylation is 2. The van der Waals surface area contributed by atoms with Gasteiger partial charge in [0.2, 0.25) is 0 Å². The van der Waals surface area contributed by atoms with E-state index in [-0.39, 0.29) is 5.91 Å². The Kier molecular flexibility index (Phi) is 5.20. The molecule has 0 bridgehead atoms. The van der Waals surface area contributed by atoms with Crippen LogP contribution in [0.2, 0.25) is 5.02 Å². The molecule has 0 spiro atoms. The lowest BCUT2D eigenvalue weighted by molar-refractivity contribution is 0.101. The minimum atomic E-state index is -0.221. The van der Waals surface area contributed by atoms with Gasteiger partial charge in [-0.05, 0) is 48.3 Å². The van der Waals surface area contributed by atoms with Crippen LogP contribution >= 0.6 is 23.1 Å². The molecule has 0 saturated heterocycles. The Morgan fingerprint density at radius 1 is 1.25 bits per heavy atom. The number of hydrogen-bond acceptors (Lipinski definition) is 6. The highest BCUT2D eigenvalue weighted by Gasteiger charge is 2.14. The molecule has 2 N–H and O–H groups in total. The van der Waals surface area contributed by atoms with Crippen LogP contribution in [-0.4, -0.2) is 35.2 Å². The first-order chi connectivity index (χ1) is 15.5. The Labute approximate surface area is 192 Å². The maximum absolute atomic E-state index is 12.6. The quantitative estimate of drug-likeness (QED) is 0.396. The molecule has 5 aromatic rings. The maximum Gasteiger partial charge on any atom is 0.273 e. The van der Waals surface area contributed by atoms with Crippen LogP contribution in [0.15, 0.2) is 48.7 Å². The highest BCUT2D eigenvalue weighted by atomic mass is 35.5. The molecule has 32 heavy (non-hydrogen) atoms. The highest BCUT2D eigenvalue weighted by molar-refractivity contribution is 7.05. The number of carbonyl (C=O) groups is 1. The molecule has 0 radical (unpaired) electrons. The summed E-state index contributed by atoms with van der Waals surface area (Å²) in [5.74, 6) is 0.388. The summed E-state index contributed by atoms with van der Waals surface area (Å²) in [5, 5.41) is 16.5. The molecule has 0 saturated carbocycles. The van der Waals surface area contributed by atoms with Gasteiger partial charge in [0.15, 0.2) is 5.82 Å². The van der Waals surface area contributed by atoms with Crippen molar-refractivity contribution in [1.82, 2.24) is 29.3 Å². The number of halogens is 1. The first kappa shape index (κ1) is 20.3. The summed E-state index contributed by atoms with van der Waals surface area (Å²) < 4.78 is 6.07. The number of hydrogen-bond donors (Lipinski definition) is 2. The lowest BCUT2D eigenvalue weighted by Crippen LogP contribution is -2.16. The number of aromatic nitrogens is 6. The van der Waals surface area contributed by atoms with Gasteiger partial charge in [-0.1, -0.05) is 29.8 Å². The second-order valence-electron chi connectivity index (χ2n) is 7.39. The SMILES string of the molecule is Cc1cc(C(=O)Nc2cccc(-c3nsc(Cc4ccc5[nH]ncc5c4Cl)n3)c2)n(C)n1. The second-order valence-corrected chi connectivity index (χ2v) is 8.60. The van der Waals surface area contributed by atoms with Crippen molar-refractivity contribution in [3.8, 4) is 11.4 Å². The Morgan fingerprint density at radius 2 is 2.12 bits per heavy atom. The fourth-order valence-electron chi connectivity index (χ4n) is 3.53. The molecule has 8 nitrogen and oxygen atoms in total. The van der Waals surface area contributed by atoms with E-state index in [1.54, 1.807) is 24.0 Å². The molecule has 0 aliphatic carbocycles.